The first-order chi connectivity index (χ1) is 13.9. The number of amides is 3. The van der Waals surface area contributed by atoms with Gasteiger partial charge in [-0.2, -0.15) is 0 Å². The Morgan fingerprint density at radius 3 is 2.31 bits per heavy atom. The van der Waals surface area contributed by atoms with Gasteiger partial charge in [-0.25, -0.2) is 0 Å². The standard InChI is InChI=1S/C22H28N4O3/c1-15(2)10-12-24-22(29)19(26-21(28)18-5-4-11-23-13-18)14-25-20(27)17-8-6-16(3)7-9-17/h4-9,11,13,15,19H,10,12,14H2,1-3H3,(H,24,29)(H,25,27)(H,26,28)/t19-/m0/s1. The van der Waals surface area contributed by atoms with Crippen molar-refractivity contribution >= 4 is 17.7 Å². The van der Waals surface area contributed by atoms with Gasteiger partial charge in [0.25, 0.3) is 11.8 Å². The maximum atomic E-state index is 12.6. The number of pyridine rings is 1. The van der Waals surface area contributed by atoms with E-state index >= 15 is 0 Å². The Hall–Kier alpha value is -3.22. The van der Waals surface area contributed by atoms with E-state index in [1.54, 1.807) is 30.5 Å². The summed E-state index contributed by atoms with van der Waals surface area (Å²) >= 11 is 0. The maximum Gasteiger partial charge on any atom is 0.253 e. The topological polar surface area (TPSA) is 100 Å². The minimum atomic E-state index is -0.899. The average Bonchev–Trinajstić information content (AvgIpc) is 2.71. The first kappa shape index (κ1) is 22.1. The number of carbonyl (C=O) groups is 3. The summed E-state index contributed by atoms with van der Waals surface area (Å²) in [6.45, 7) is 6.55. The van der Waals surface area contributed by atoms with Crippen LogP contribution in [0.25, 0.3) is 0 Å². The predicted octanol–water partition coefficient (Wildman–Crippen LogP) is 2.08. The summed E-state index contributed by atoms with van der Waals surface area (Å²) in [6.07, 6.45) is 3.81. The van der Waals surface area contributed by atoms with E-state index in [-0.39, 0.29) is 18.4 Å². The van der Waals surface area contributed by atoms with E-state index in [0.29, 0.717) is 23.6 Å². The molecule has 0 saturated heterocycles. The first-order valence-electron chi connectivity index (χ1n) is 9.70. The van der Waals surface area contributed by atoms with Gasteiger partial charge in [-0.1, -0.05) is 31.5 Å². The summed E-state index contributed by atoms with van der Waals surface area (Å²) in [5.74, 6) is -0.626. The van der Waals surface area contributed by atoms with Crippen molar-refractivity contribution in [1.29, 1.82) is 0 Å². The lowest BCUT2D eigenvalue weighted by Crippen LogP contribution is -2.52. The number of hydrogen-bond donors (Lipinski definition) is 3. The number of carbonyl (C=O) groups excluding carboxylic acids is 3. The van der Waals surface area contributed by atoms with Crippen LogP contribution in [0.3, 0.4) is 0 Å². The molecule has 0 fully saturated rings. The van der Waals surface area contributed by atoms with E-state index in [1.807, 2.05) is 19.1 Å². The Morgan fingerprint density at radius 1 is 0.966 bits per heavy atom. The molecular formula is C22H28N4O3. The Balaban J connectivity index is 2.02. The van der Waals surface area contributed by atoms with Gasteiger partial charge < -0.3 is 16.0 Å². The number of aryl methyl sites for hydroxylation is 1. The zero-order chi connectivity index (χ0) is 21.2. The van der Waals surface area contributed by atoms with Crippen LogP contribution < -0.4 is 16.0 Å². The number of nitrogens with zero attached hydrogens (tertiary/aromatic N) is 1. The van der Waals surface area contributed by atoms with Crippen LogP contribution >= 0.6 is 0 Å². The van der Waals surface area contributed by atoms with Crippen LogP contribution in [0.1, 0.15) is 46.5 Å². The highest BCUT2D eigenvalue weighted by molar-refractivity contribution is 5.98. The molecule has 7 heteroatoms. The molecule has 0 spiro atoms. The highest BCUT2D eigenvalue weighted by atomic mass is 16.2. The molecule has 29 heavy (non-hydrogen) atoms. The zero-order valence-corrected chi connectivity index (χ0v) is 17.1. The molecule has 0 saturated carbocycles. The molecule has 0 radical (unpaired) electrons. The molecule has 0 aliphatic carbocycles. The number of nitrogens with one attached hydrogen (secondary N) is 3. The molecule has 0 unspecified atom stereocenters. The van der Waals surface area contributed by atoms with E-state index in [2.05, 4.69) is 34.8 Å². The lowest BCUT2D eigenvalue weighted by molar-refractivity contribution is -0.122. The summed E-state index contributed by atoms with van der Waals surface area (Å²) in [7, 11) is 0. The minimum absolute atomic E-state index is 0.0216. The van der Waals surface area contributed by atoms with Crippen molar-refractivity contribution in [1.82, 2.24) is 20.9 Å². The summed E-state index contributed by atoms with van der Waals surface area (Å²) in [5, 5.41) is 8.23. The second-order valence-electron chi connectivity index (χ2n) is 7.32. The molecular weight excluding hydrogens is 368 g/mol. The molecule has 3 N–H and O–H groups in total. The van der Waals surface area contributed by atoms with Gasteiger partial charge >= 0.3 is 0 Å². The third-order valence-electron chi connectivity index (χ3n) is 4.35. The van der Waals surface area contributed by atoms with Crippen LogP contribution in [-0.2, 0) is 4.79 Å². The highest BCUT2D eigenvalue weighted by Crippen LogP contribution is 2.03. The van der Waals surface area contributed by atoms with Crippen LogP contribution in [-0.4, -0.2) is 41.8 Å². The Kier molecular flexibility index (Phi) is 8.33. The lowest BCUT2D eigenvalue weighted by atomic mass is 10.1. The predicted molar refractivity (Wildman–Crippen MR) is 111 cm³/mol. The third kappa shape index (κ3) is 7.37. The van der Waals surface area contributed by atoms with Gasteiger partial charge in [0, 0.05) is 31.0 Å². The fourth-order valence-electron chi connectivity index (χ4n) is 2.56. The van der Waals surface area contributed by atoms with Gasteiger partial charge in [0.15, 0.2) is 0 Å². The minimum Gasteiger partial charge on any atom is -0.354 e. The number of aromatic nitrogens is 1. The van der Waals surface area contributed by atoms with E-state index in [9.17, 15) is 14.4 Å². The monoisotopic (exact) mass is 396 g/mol. The van der Waals surface area contributed by atoms with Crippen LogP contribution in [0.4, 0.5) is 0 Å². The van der Waals surface area contributed by atoms with Crippen molar-refractivity contribution in [2.45, 2.75) is 33.2 Å². The van der Waals surface area contributed by atoms with Crippen LogP contribution in [0.2, 0.25) is 0 Å². The van der Waals surface area contributed by atoms with Gasteiger partial charge in [0.1, 0.15) is 6.04 Å². The molecule has 2 aromatic rings. The van der Waals surface area contributed by atoms with Gasteiger partial charge in [-0.3, -0.25) is 19.4 Å². The average molecular weight is 396 g/mol. The van der Waals surface area contributed by atoms with Crippen LogP contribution in [0.15, 0.2) is 48.8 Å². The normalized spacial score (nSPS) is 11.6. The van der Waals surface area contributed by atoms with E-state index < -0.39 is 11.9 Å². The molecule has 0 aliphatic rings. The van der Waals surface area contributed by atoms with Crippen molar-refractivity contribution in [3.63, 3.8) is 0 Å². The van der Waals surface area contributed by atoms with Crippen molar-refractivity contribution in [3.8, 4) is 0 Å². The number of benzene rings is 1. The third-order valence-corrected chi connectivity index (χ3v) is 4.35. The summed E-state index contributed by atoms with van der Waals surface area (Å²) in [4.78, 5) is 41.3. The summed E-state index contributed by atoms with van der Waals surface area (Å²) in [6, 6.07) is 9.48. The van der Waals surface area contributed by atoms with Crippen LogP contribution in [0.5, 0.6) is 0 Å². The van der Waals surface area contributed by atoms with Crippen molar-refractivity contribution in [2.75, 3.05) is 13.1 Å². The fraction of sp³-hybridized carbons (Fsp3) is 0.364. The molecule has 3 amide bonds. The quantitative estimate of drug-likeness (QED) is 0.604. The Morgan fingerprint density at radius 2 is 1.69 bits per heavy atom. The molecule has 1 heterocycles. The molecule has 0 aliphatic heterocycles. The lowest BCUT2D eigenvalue weighted by Gasteiger charge is -2.19. The maximum absolute atomic E-state index is 12.6. The van der Waals surface area contributed by atoms with Gasteiger partial charge in [-0.05, 0) is 43.5 Å². The summed E-state index contributed by atoms with van der Waals surface area (Å²) < 4.78 is 0. The highest BCUT2D eigenvalue weighted by Gasteiger charge is 2.22. The largest absolute Gasteiger partial charge is 0.354 e. The molecule has 7 nitrogen and oxygen atoms in total. The summed E-state index contributed by atoms with van der Waals surface area (Å²) in [5.41, 5.74) is 1.89. The van der Waals surface area contributed by atoms with Crippen molar-refractivity contribution in [3.05, 3.63) is 65.5 Å². The number of rotatable bonds is 9. The molecule has 1 aromatic heterocycles. The van der Waals surface area contributed by atoms with Gasteiger partial charge in [-0.15, -0.1) is 0 Å². The van der Waals surface area contributed by atoms with E-state index in [1.165, 1.54) is 6.20 Å². The van der Waals surface area contributed by atoms with Gasteiger partial charge in [0.2, 0.25) is 5.91 Å². The SMILES string of the molecule is Cc1ccc(C(=O)NC[C@H](NC(=O)c2cccnc2)C(=O)NCCC(C)C)cc1. The second-order valence-corrected chi connectivity index (χ2v) is 7.32. The zero-order valence-electron chi connectivity index (χ0n) is 17.1. The van der Waals surface area contributed by atoms with Gasteiger partial charge in [0.05, 0.1) is 5.56 Å². The van der Waals surface area contributed by atoms with Crippen molar-refractivity contribution < 1.29 is 14.4 Å². The van der Waals surface area contributed by atoms with Crippen LogP contribution in [0, 0.1) is 12.8 Å². The molecule has 154 valence electrons. The Bertz CT molecular complexity index is 820. The van der Waals surface area contributed by atoms with E-state index in [0.717, 1.165) is 12.0 Å². The molecule has 2 rings (SSSR count). The fourth-order valence-corrected chi connectivity index (χ4v) is 2.56. The second kappa shape index (κ2) is 10.9. The number of hydrogen-bond acceptors (Lipinski definition) is 4. The van der Waals surface area contributed by atoms with E-state index in [4.69, 9.17) is 0 Å². The molecule has 1 aromatic carbocycles. The first-order valence-corrected chi connectivity index (χ1v) is 9.70. The van der Waals surface area contributed by atoms with Crippen molar-refractivity contribution in [2.24, 2.45) is 5.92 Å². The molecule has 0 bridgehead atoms. The smallest absolute Gasteiger partial charge is 0.253 e. The molecule has 1 atom stereocenters. The Labute approximate surface area is 171 Å².